The lowest BCUT2D eigenvalue weighted by atomic mass is 9.79. The van der Waals surface area contributed by atoms with Crippen LogP contribution < -0.4 is 10.9 Å². The first-order chi connectivity index (χ1) is 12.8. The van der Waals surface area contributed by atoms with E-state index in [1.165, 1.54) is 0 Å². The van der Waals surface area contributed by atoms with Crippen molar-refractivity contribution in [2.24, 2.45) is 0 Å². The van der Waals surface area contributed by atoms with Gasteiger partial charge in [-0.05, 0) is 42.5 Å². The number of amides is 1. The van der Waals surface area contributed by atoms with Gasteiger partial charge in [0.05, 0.1) is 11.1 Å². The van der Waals surface area contributed by atoms with Gasteiger partial charge in [0.1, 0.15) is 6.10 Å². The Bertz CT molecular complexity index is 1030. The minimum atomic E-state index is -1.17. The van der Waals surface area contributed by atoms with Crippen LogP contribution in [0.5, 0.6) is 0 Å². The topological polar surface area (TPSA) is 92.4 Å². The Kier molecular flexibility index (Phi) is 5.10. The SMILES string of the molecule is Cc1noc(=O)c2ccc(NC(=O)C(O)CC(C)(C)c3ccccc3)cc12. The summed E-state index contributed by atoms with van der Waals surface area (Å²) in [6, 6.07) is 14.6. The summed E-state index contributed by atoms with van der Waals surface area (Å²) in [7, 11) is 0. The van der Waals surface area contributed by atoms with Crippen LogP contribution in [0, 0.1) is 6.92 Å². The van der Waals surface area contributed by atoms with E-state index in [2.05, 4.69) is 10.5 Å². The lowest BCUT2D eigenvalue weighted by Gasteiger charge is -2.27. The molecule has 1 unspecified atom stereocenters. The Morgan fingerprint density at radius 1 is 1.19 bits per heavy atom. The van der Waals surface area contributed by atoms with Crippen molar-refractivity contribution < 1.29 is 14.4 Å². The van der Waals surface area contributed by atoms with Crippen LogP contribution in [0.4, 0.5) is 5.69 Å². The Balaban J connectivity index is 1.76. The Morgan fingerprint density at radius 2 is 1.89 bits per heavy atom. The molecule has 0 saturated carbocycles. The van der Waals surface area contributed by atoms with E-state index in [1.807, 2.05) is 44.2 Å². The Hall–Kier alpha value is -2.99. The van der Waals surface area contributed by atoms with Gasteiger partial charge in [0.2, 0.25) is 0 Å². The van der Waals surface area contributed by atoms with E-state index in [-0.39, 0.29) is 11.8 Å². The molecule has 0 radical (unpaired) electrons. The maximum Gasteiger partial charge on any atom is 0.366 e. The maximum absolute atomic E-state index is 12.5. The number of hydrogen-bond acceptors (Lipinski definition) is 5. The van der Waals surface area contributed by atoms with E-state index in [9.17, 15) is 14.7 Å². The number of benzene rings is 2. The van der Waals surface area contributed by atoms with Crippen LogP contribution in [-0.4, -0.2) is 22.3 Å². The predicted octanol–water partition coefficient (Wildman–Crippen LogP) is 3.16. The number of aromatic nitrogens is 1. The van der Waals surface area contributed by atoms with E-state index in [1.54, 1.807) is 25.1 Å². The summed E-state index contributed by atoms with van der Waals surface area (Å²) in [6.07, 6.45) is -0.892. The summed E-state index contributed by atoms with van der Waals surface area (Å²) in [5.41, 5.74) is 1.20. The first-order valence-electron chi connectivity index (χ1n) is 8.73. The zero-order valence-electron chi connectivity index (χ0n) is 15.5. The highest BCUT2D eigenvalue weighted by Gasteiger charge is 2.28. The molecule has 6 heteroatoms. The van der Waals surface area contributed by atoms with E-state index >= 15 is 0 Å². The molecule has 3 aromatic rings. The lowest BCUT2D eigenvalue weighted by molar-refractivity contribution is -0.124. The third-order valence-corrected chi connectivity index (χ3v) is 4.72. The molecule has 2 aromatic carbocycles. The first-order valence-corrected chi connectivity index (χ1v) is 8.73. The number of hydrogen-bond donors (Lipinski definition) is 2. The van der Waals surface area contributed by atoms with Crippen LogP contribution in [0.1, 0.15) is 31.5 Å². The second kappa shape index (κ2) is 7.32. The number of rotatable bonds is 5. The fourth-order valence-electron chi connectivity index (χ4n) is 3.12. The third kappa shape index (κ3) is 4.06. The standard InChI is InChI=1S/C21H22N2O4/c1-13-17-11-15(9-10-16(17)20(26)27-23-13)22-19(25)18(24)12-21(2,3)14-7-5-4-6-8-14/h4-11,18,24H,12H2,1-3H3,(H,22,25). The van der Waals surface area contributed by atoms with E-state index in [0.29, 0.717) is 22.2 Å². The van der Waals surface area contributed by atoms with Crippen molar-refractivity contribution in [2.45, 2.75) is 38.7 Å². The van der Waals surface area contributed by atoms with Gasteiger partial charge in [-0.1, -0.05) is 49.3 Å². The van der Waals surface area contributed by atoms with Gasteiger partial charge in [0.15, 0.2) is 0 Å². The molecule has 140 valence electrons. The summed E-state index contributed by atoms with van der Waals surface area (Å²) in [4.78, 5) is 24.2. The Labute approximate surface area is 156 Å². The average molecular weight is 366 g/mol. The summed E-state index contributed by atoms with van der Waals surface area (Å²) in [5, 5.41) is 17.8. The monoisotopic (exact) mass is 366 g/mol. The lowest BCUT2D eigenvalue weighted by Crippen LogP contribution is -2.34. The minimum absolute atomic E-state index is 0.278. The quantitative estimate of drug-likeness (QED) is 0.724. The molecule has 2 N–H and O–H groups in total. The number of anilines is 1. The molecule has 1 amide bonds. The summed E-state index contributed by atoms with van der Waals surface area (Å²) in [5.74, 6) is -0.494. The number of carbonyl (C=O) groups excluding carboxylic acids is 1. The van der Waals surface area contributed by atoms with Crippen molar-refractivity contribution in [3.8, 4) is 0 Å². The number of aryl methyl sites for hydroxylation is 1. The van der Waals surface area contributed by atoms with Gasteiger partial charge in [0, 0.05) is 11.1 Å². The predicted molar refractivity (Wildman–Crippen MR) is 104 cm³/mol. The van der Waals surface area contributed by atoms with Crippen LogP contribution in [-0.2, 0) is 10.2 Å². The fourth-order valence-corrected chi connectivity index (χ4v) is 3.12. The number of nitrogens with zero attached hydrogens (tertiary/aromatic N) is 1. The summed E-state index contributed by atoms with van der Waals surface area (Å²) in [6.45, 7) is 5.69. The number of aliphatic hydroxyl groups excluding tert-OH is 1. The minimum Gasteiger partial charge on any atom is -0.383 e. The normalized spacial score (nSPS) is 12.7. The molecule has 6 nitrogen and oxygen atoms in total. The molecule has 0 aliphatic heterocycles. The molecule has 27 heavy (non-hydrogen) atoms. The summed E-state index contributed by atoms with van der Waals surface area (Å²) >= 11 is 0. The first kappa shape index (κ1) is 18.8. The highest BCUT2D eigenvalue weighted by Crippen LogP contribution is 2.28. The van der Waals surface area contributed by atoms with Crippen LogP contribution in [0.2, 0.25) is 0 Å². The molecule has 0 bridgehead atoms. The van der Waals surface area contributed by atoms with Crippen molar-refractivity contribution in [1.29, 1.82) is 0 Å². The van der Waals surface area contributed by atoms with Crippen molar-refractivity contribution >= 4 is 22.4 Å². The highest BCUT2D eigenvalue weighted by molar-refractivity contribution is 5.96. The largest absolute Gasteiger partial charge is 0.383 e. The van der Waals surface area contributed by atoms with Gasteiger partial charge in [-0.25, -0.2) is 4.79 Å². The maximum atomic E-state index is 12.5. The third-order valence-electron chi connectivity index (χ3n) is 4.72. The number of nitrogens with one attached hydrogen (secondary N) is 1. The molecule has 0 aliphatic carbocycles. The van der Waals surface area contributed by atoms with Crippen LogP contribution >= 0.6 is 0 Å². The molecule has 0 fully saturated rings. The van der Waals surface area contributed by atoms with Crippen LogP contribution in [0.15, 0.2) is 57.8 Å². The van der Waals surface area contributed by atoms with Crippen molar-refractivity contribution in [3.05, 3.63) is 70.2 Å². The Morgan fingerprint density at radius 3 is 2.59 bits per heavy atom. The number of aliphatic hydroxyl groups is 1. The summed E-state index contributed by atoms with van der Waals surface area (Å²) < 4.78 is 4.69. The molecule has 1 heterocycles. The second-order valence-corrected chi connectivity index (χ2v) is 7.27. The van der Waals surface area contributed by atoms with Gasteiger partial charge in [-0.3, -0.25) is 4.79 Å². The molecule has 1 atom stereocenters. The van der Waals surface area contributed by atoms with Crippen LogP contribution in [0.25, 0.3) is 10.8 Å². The average Bonchev–Trinajstić information content (AvgIpc) is 2.65. The smallest absolute Gasteiger partial charge is 0.366 e. The molecule has 0 saturated heterocycles. The van der Waals surface area contributed by atoms with Gasteiger partial charge in [-0.2, -0.15) is 0 Å². The highest BCUT2D eigenvalue weighted by atomic mass is 16.5. The van der Waals surface area contributed by atoms with Crippen molar-refractivity contribution in [3.63, 3.8) is 0 Å². The van der Waals surface area contributed by atoms with E-state index < -0.39 is 17.6 Å². The molecule has 0 aliphatic rings. The molecule has 1 aromatic heterocycles. The molecule has 0 spiro atoms. The zero-order valence-corrected chi connectivity index (χ0v) is 15.5. The molecular weight excluding hydrogens is 344 g/mol. The fraction of sp³-hybridized carbons (Fsp3) is 0.286. The van der Waals surface area contributed by atoms with E-state index in [4.69, 9.17) is 4.52 Å². The van der Waals surface area contributed by atoms with E-state index in [0.717, 1.165) is 5.56 Å². The van der Waals surface area contributed by atoms with Gasteiger partial charge >= 0.3 is 5.63 Å². The number of fused-ring (bicyclic) bond motifs is 1. The van der Waals surface area contributed by atoms with Crippen molar-refractivity contribution in [1.82, 2.24) is 5.16 Å². The number of carbonyl (C=O) groups is 1. The zero-order chi connectivity index (χ0) is 19.6. The second-order valence-electron chi connectivity index (χ2n) is 7.27. The van der Waals surface area contributed by atoms with Gasteiger partial charge < -0.3 is 14.9 Å². The van der Waals surface area contributed by atoms with Crippen molar-refractivity contribution in [2.75, 3.05) is 5.32 Å². The molecular formula is C21H22N2O4. The molecule has 3 rings (SSSR count). The van der Waals surface area contributed by atoms with Gasteiger partial charge in [0.25, 0.3) is 5.91 Å². The van der Waals surface area contributed by atoms with Gasteiger partial charge in [-0.15, -0.1) is 0 Å². The van der Waals surface area contributed by atoms with Crippen LogP contribution in [0.3, 0.4) is 0 Å².